The van der Waals surface area contributed by atoms with Crippen molar-refractivity contribution in [1.82, 2.24) is 9.80 Å². The highest BCUT2D eigenvalue weighted by Crippen LogP contribution is 2.53. The minimum atomic E-state index is -1.98. The molecule has 3 fully saturated rings. The number of esters is 1. The second kappa shape index (κ2) is 26.2. The van der Waals surface area contributed by atoms with E-state index >= 15 is 0 Å². The molecule has 0 aromatic heterocycles. The lowest BCUT2D eigenvalue weighted by atomic mass is 9.68. The zero-order valence-corrected chi connectivity index (χ0v) is 47.7. The number of hydrogen-bond acceptors (Lipinski definition) is 13. The van der Waals surface area contributed by atoms with Crippen molar-refractivity contribution >= 4 is 29.7 Å². The lowest BCUT2D eigenvalue weighted by Crippen LogP contribution is -2.61. The molecule has 2 aromatic rings. The van der Waals surface area contributed by atoms with E-state index in [0.29, 0.717) is 12.8 Å². The monoisotopic (exact) mass is 1040 g/mol. The summed E-state index contributed by atoms with van der Waals surface area (Å²) in [5.41, 5.74) is -4.72. The molecule has 15 heteroatoms. The number of rotatable bonds is 16. The number of benzene rings is 2. The Morgan fingerprint density at radius 1 is 0.836 bits per heavy atom. The Morgan fingerprint density at radius 2 is 1.41 bits per heavy atom. The van der Waals surface area contributed by atoms with Gasteiger partial charge in [-0.15, -0.1) is 0 Å². The van der Waals surface area contributed by atoms with Gasteiger partial charge >= 0.3 is 5.97 Å². The Labute approximate surface area is 439 Å². The molecule has 3 aliphatic rings. The van der Waals surface area contributed by atoms with E-state index in [1.54, 1.807) is 46.4 Å². The van der Waals surface area contributed by atoms with Crippen LogP contribution in [0.2, 0.25) is 0 Å². The number of aliphatic hydroxyl groups is 5. The van der Waals surface area contributed by atoms with E-state index in [0.717, 1.165) is 31.8 Å². The van der Waals surface area contributed by atoms with Gasteiger partial charge in [0.05, 0.1) is 78.3 Å². The molecule has 1 amide bonds. The van der Waals surface area contributed by atoms with Crippen LogP contribution < -0.4 is 10.6 Å². The number of ether oxygens (including phenoxy) is 5. The molecule has 1 unspecified atom stereocenters. The zero-order valence-electron chi connectivity index (χ0n) is 46.9. The number of carbonyl (C=O) groups is 2. The predicted octanol–water partition coefficient (Wildman–Crippen LogP) is 6.71. The van der Waals surface area contributed by atoms with Gasteiger partial charge in [-0.05, 0) is 130 Å². The van der Waals surface area contributed by atoms with Crippen LogP contribution in [0.5, 0.6) is 0 Å². The second-order valence-corrected chi connectivity index (χ2v) is 27.3. The molecule has 414 valence electrons. The third kappa shape index (κ3) is 14.5. The SMILES string of the molecule is CC[C@H]1OC(=O)[C@H](C)C([C@H]2C[C@@](C)(OC)[C@@H](O)[C@H](C)O2)[C@H](C)[C@@H](O[C@@H]2O[C@H](C)C[C@H](N(C)C)[C@H]2O)[C@](C)(O)C[C@@H](C)CN(C(=O)CCCCCCC[P+](C)(c2ccccc2)c2ccccc2)[C@H](C)[C@@H](O)[C@]1(C)O. The lowest BCUT2D eigenvalue weighted by Gasteiger charge is -2.51. The smallest absolute Gasteiger partial charge is 0.309 e. The Bertz CT molecular complexity index is 1970. The van der Waals surface area contributed by atoms with Crippen molar-refractivity contribution in [2.24, 2.45) is 23.7 Å². The molecular formula is C58H96N2O12P+. The van der Waals surface area contributed by atoms with Crippen molar-refractivity contribution in [2.45, 2.75) is 217 Å². The molecule has 3 heterocycles. The average Bonchev–Trinajstić information content (AvgIpc) is 3.35. The van der Waals surface area contributed by atoms with Crippen LogP contribution in [0.15, 0.2) is 60.7 Å². The number of amides is 1. The normalized spacial score (nSPS) is 38.6. The molecule has 2 aromatic carbocycles. The number of cyclic esters (lactones) is 1. The number of methoxy groups -OCH3 is 1. The molecule has 3 saturated heterocycles. The van der Waals surface area contributed by atoms with Gasteiger partial charge in [0.2, 0.25) is 5.91 Å². The Morgan fingerprint density at radius 3 is 1.97 bits per heavy atom. The zero-order chi connectivity index (χ0) is 54.2. The predicted molar refractivity (Wildman–Crippen MR) is 289 cm³/mol. The van der Waals surface area contributed by atoms with Gasteiger partial charge in [0, 0.05) is 38.5 Å². The highest BCUT2D eigenvalue weighted by molar-refractivity contribution is 7.88. The van der Waals surface area contributed by atoms with Gasteiger partial charge in [-0.2, -0.15) is 0 Å². The number of nitrogens with zero attached hydrogens (tertiary/aromatic N) is 2. The average molecular weight is 1040 g/mol. The van der Waals surface area contributed by atoms with Crippen LogP contribution in [0.4, 0.5) is 0 Å². The standard InChI is InChI=1S/C58H96N2O12P/c1-15-47-58(10,67)51(63)41(6)60(48(61)31-25-17-16-18-26-32-73(14,43-27-21-19-22-28-43)44-29-23-20-24-30-44)36-37(2)34-56(8,66)53(72-55-50(62)45(59(11)12)33-38(3)69-55)39(4)49(40(5)54(65)71-47)46-35-57(9,68-13)52(64)42(7)70-46/h19-24,27-30,37-42,45-47,49-53,55,62-64,66-67H,15-18,25-26,31-36H2,1-14H3/q+1/t37-,38-,39+,40-,41-,42+,45+,46-,47-,49?,50-,51-,52+,53-,55+,56-,57-,58-/m1/s1. The highest BCUT2D eigenvalue weighted by atomic mass is 31.2. The van der Waals surface area contributed by atoms with Crippen LogP contribution in [0.3, 0.4) is 0 Å². The molecule has 5 rings (SSSR count). The first-order valence-electron chi connectivity index (χ1n) is 27.4. The molecule has 0 saturated carbocycles. The van der Waals surface area contributed by atoms with Gasteiger partial charge in [-0.1, -0.05) is 76.9 Å². The van der Waals surface area contributed by atoms with Gasteiger partial charge < -0.3 is 59.0 Å². The lowest BCUT2D eigenvalue weighted by molar-refractivity contribution is -0.302. The maximum atomic E-state index is 14.8. The Balaban J connectivity index is 1.44. The first kappa shape index (κ1) is 61.3. The molecule has 0 spiro atoms. The van der Waals surface area contributed by atoms with E-state index in [1.165, 1.54) is 24.6 Å². The number of carbonyl (C=O) groups excluding carboxylic acids is 2. The quantitative estimate of drug-likeness (QED) is 0.0679. The molecule has 0 bridgehead atoms. The van der Waals surface area contributed by atoms with Crippen molar-refractivity contribution in [3.63, 3.8) is 0 Å². The van der Waals surface area contributed by atoms with Crippen LogP contribution in [-0.2, 0) is 33.3 Å². The largest absolute Gasteiger partial charge is 0.459 e. The number of aliphatic hydroxyl groups excluding tert-OH is 3. The van der Waals surface area contributed by atoms with E-state index in [1.807, 2.05) is 39.8 Å². The van der Waals surface area contributed by atoms with Crippen LogP contribution in [0, 0.1) is 23.7 Å². The Hall–Kier alpha value is -2.59. The maximum Gasteiger partial charge on any atom is 0.309 e. The summed E-state index contributed by atoms with van der Waals surface area (Å²) in [6.45, 7) is 20.2. The van der Waals surface area contributed by atoms with E-state index < -0.39 is 103 Å². The third-order valence-electron chi connectivity index (χ3n) is 17.2. The van der Waals surface area contributed by atoms with Crippen LogP contribution in [0.25, 0.3) is 0 Å². The number of likely N-dealkylation sites (N-methyl/N-ethyl adjacent to an activating group) is 1. The highest BCUT2D eigenvalue weighted by Gasteiger charge is 2.55. The minimum absolute atomic E-state index is 0.105. The summed E-state index contributed by atoms with van der Waals surface area (Å²) in [5.74, 6) is -3.63. The van der Waals surface area contributed by atoms with E-state index in [-0.39, 0.29) is 56.2 Å². The minimum Gasteiger partial charge on any atom is -0.459 e. The summed E-state index contributed by atoms with van der Waals surface area (Å²) in [5, 5.41) is 63.5. The van der Waals surface area contributed by atoms with Gasteiger partial charge in [0.1, 0.15) is 30.0 Å². The summed E-state index contributed by atoms with van der Waals surface area (Å²) in [7, 11) is 3.73. The van der Waals surface area contributed by atoms with Gasteiger partial charge in [0.25, 0.3) is 0 Å². The third-order valence-corrected chi connectivity index (χ3v) is 21.3. The van der Waals surface area contributed by atoms with Crippen molar-refractivity contribution in [1.29, 1.82) is 0 Å². The summed E-state index contributed by atoms with van der Waals surface area (Å²) in [6.07, 6.45) is -1.86. The van der Waals surface area contributed by atoms with Crippen molar-refractivity contribution in [3.05, 3.63) is 60.7 Å². The fourth-order valence-corrected chi connectivity index (χ4v) is 16.0. The topological polar surface area (TPSA) is 188 Å². The molecule has 5 N–H and O–H groups in total. The molecule has 73 heavy (non-hydrogen) atoms. The van der Waals surface area contributed by atoms with E-state index in [4.69, 9.17) is 23.7 Å². The molecule has 0 aliphatic carbocycles. The molecule has 14 nitrogen and oxygen atoms in total. The van der Waals surface area contributed by atoms with Crippen LogP contribution in [-0.4, -0.2) is 172 Å². The molecule has 0 radical (unpaired) electrons. The van der Waals surface area contributed by atoms with Gasteiger partial charge in [-0.3, -0.25) is 9.59 Å². The Kier molecular flexibility index (Phi) is 22.0. The first-order chi connectivity index (χ1) is 34.2. The van der Waals surface area contributed by atoms with Crippen molar-refractivity contribution in [3.8, 4) is 0 Å². The fraction of sp³-hybridized carbons (Fsp3) is 0.759. The van der Waals surface area contributed by atoms with Gasteiger partial charge in [0.15, 0.2) is 6.29 Å². The van der Waals surface area contributed by atoms with E-state index in [2.05, 4.69) is 67.3 Å². The second-order valence-electron chi connectivity index (χ2n) is 23.5. The van der Waals surface area contributed by atoms with Crippen LogP contribution in [0.1, 0.15) is 133 Å². The molecular weight excluding hydrogens is 948 g/mol. The van der Waals surface area contributed by atoms with Crippen molar-refractivity contribution in [2.75, 3.05) is 40.6 Å². The molecule has 18 atom stereocenters. The van der Waals surface area contributed by atoms with E-state index in [9.17, 15) is 35.1 Å². The maximum absolute atomic E-state index is 14.8. The number of hydrogen-bond donors (Lipinski definition) is 5. The van der Waals surface area contributed by atoms with Crippen molar-refractivity contribution < 1.29 is 58.8 Å². The first-order valence-corrected chi connectivity index (χ1v) is 29.8. The molecule has 3 aliphatic heterocycles. The fourth-order valence-electron chi connectivity index (χ4n) is 12.7. The summed E-state index contributed by atoms with van der Waals surface area (Å²) >= 11 is 0. The summed E-state index contributed by atoms with van der Waals surface area (Å²) in [6, 6.07) is 20.4. The van der Waals surface area contributed by atoms with Crippen LogP contribution >= 0.6 is 7.26 Å². The summed E-state index contributed by atoms with van der Waals surface area (Å²) in [4.78, 5) is 32.9. The van der Waals surface area contributed by atoms with Gasteiger partial charge in [-0.25, -0.2) is 0 Å². The number of unbranched alkanes of at least 4 members (excludes halogenated alkanes) is 4. The summed E-state index contributed by atoms with van der Waals surface area (Å²) < 4.78 is 32.1.